The maximum Gasteiger partial charge on any atom is 0.262 e. The number of fused-ring (bicyclic) bond motifs is 6. The summed E-state index contributed by atoms with van der Waals surface area (Å²) in [4.78, 5) is 19.2. The number of nitrogens with zero attached hydrogens (tertiary/aromatic N) is 4. The number of amides is 1. The van der Waals surface area contributed by atoms with Crippen LogP contribution in [0, 0.1) is 5.82 Å². The van der Waals surface area contributed by atoms with Crippen LogP contribution in [0.5, 0.6) is 5.75 Å². The van der Waals surface area contributed by atoms with Crippen LogP contribution in [-0.4, -0.2) is 61.5 Å². The summed E-state index contributed by atoms with van der Waals surface area (Å²) in [5.41, 5.74) is 5.75. The van der Waals surface area contributed by atoms with E-state index in [4.69, 9.17) is 4.74 Å². The van der Waals surface area contributed by atoms with Crippen molar-refractivity contribution in [3.05, 3.63) is 42.2 Å². The number of halogens is 1. The number of nitrogens with one attached hydrogen (secondary N) is 1. The summed E-state index contributed by atoms with van der Waals surface area (Å²) >= 11 is 0. The Hall–Kier alpha value is -3.13. The first-order valence-electron chi connectivity index (χ1n) is 11.2. The number of hydrogen-bond donors (Lipinski definition) is 1. The molecule has 166 valence electrons. The number of piperazine rings is 1. The largest absolute Gasteiger partial charge is 0.483 e. The average molecular weight is 436 g/mol. The number of carbonyl (C=O) groups is 1. The number of ether oxygens (including phenoxy) is 1. The van der Waals surface area contributed by atoms with Gasteiger partial charge in [0.1, 0.15) is 24.2 Å². The molecule has 2 bridgehead atoms. The Morgan fingerprint density at radius 1 is 1.09 bits per heavy atom. The zero-order valence-electron chi connectivity index (χ0n) is 18.2. The van der Waals surface area contributed by atoms with Crippen LogP contribution in [0.1, 0.15) is 19.8 Å². The lowest BCUT2D eigenvalue weighted by atomic mass is 9.89. The van der Waals surface area contributed by atoms with Gasteiger partial charge in [-0.3, -0.25) is 9.69 Å². The first-order valence-corrected chi connectivity index (χ1v) is 11.2. The molecule has 5 aliphatic rings. The number of hydrogen-bond acceptors (Lipinski definition) is 6. The molecule has 2 aromatic carbocycles. The molecule has 1 amide bonds. The Labute approximate surface area is 186 Å². The van der Waals surface area contributed by atoms with Gasteiger partial charge in [0.2, 0.25) is 0 Å². The zero-order chi connectivity index (χ0) is 22.0. The number of amidine groups is 1. The van der Waals surface area contributed by atoms with Crippen molar-refractivity contribution in [3.8, 4) is 16.9 Å². The molecule has 7 nitrogen and oxygen atoms in total. The lowest BCUT2D eigenvalue weighted by Crippen LogP contribution is -2.61. The van der Waals surface area contributed by atoms with E-state index in [0.717, 1.165) is 36.4 Å². The molecule has 3 saturated heterocycles. The van der Waals surface area contributed by atoms with Gasteiger partial charge in [-0.2, -0.15) is 5.10 Å². The highest BCUT2D eigenvalue weighted by molar-refractivity contribution is 6.10. The lowest BCUT2D eigenvalue weighted by Gasteiger charge is -2.52. The Balaban J connectivity index is 1.54. The van der Waals surface area contributed by atoms with E-state index in [1.165, 1.54) is 12.5 Å². The molecule has 0 aromatic heterocycles. The number of likely N-dealkylation sites (N-methyl/N-ethyl adjacent to an activating group) is 1. The monoisotopic (exact) mass is 435 g/mol. The molecule has 3 fully saturated rings. The first-order chi connectivity index (χ1) is 15.5. The van der Waals surface area contributed by atoms with Crippen LogP contribution in [-0.2, 0) is 4.79 Å². The lowest BCUT2D eigenvalue weighted by molar-refractivity contribution is -0.122. The summed E-state index contributed by atoms with van der Waals surface area (Å²) in [6, 6.07) is 11.3. The molecule has 7 rings (SSSR count). The molecule has 8 heteroatoms. The standard InChI is InChI=1S/C24H26FN5O2/c1-14-24(31)27-26-23-13-32-22-9-18(17-5-3-4-6-19(17)25)20(10-21(22)30(14)23)29-12-15-7-8-16(29)11-28(15)2/h3-6,9-10,14-16H,7-8,11-13H2,1-2H3,(H,27,31). The summed E-state index contributed by atoms with van der Waals surface area (Å²) in [6.45, 7) is 4.01. The van der Waals surface area contributed by atoms with Crippen molar-refractivity contribution in [2.24, 2.45) is 5.10 Å². The normalized spacial score (nSPS) is 26.8. The van der Waals surface area contributed by atoms with E-state index in [9.17, 15) is 9.18 Å². The number of anilines is 2. The topological polar surface area (TPSA) is 60.4 Å². The highest BCUT2D eigenvalue weighted by Gasteiger charge is 2.40. The van der Waals surface area contributed by atoms with Gasteiger partial charge in [-0.1, -0.05) is 18.2 Å². The SMILES string of the molecule is CC1C(=O)NN=C2COc3cc(-c4ccccc4F)c(N4CC5CCC4CN5C)cc3N21. The van der Waals surface area contributed by atoms with E-state index in [1.54, 1.807) is 6.07 Å². The van der Waals surface area contributed by atoms with Gasteiger partial charge >= 0.3 is 0 Å². The molecule has 0 spiro atoms. The van der Waals surface area contributed by atoms with Crippen molar-refractivity contribution in [1.82, 2.24) is 10.3 Å². The second-order valence-corrected chi connectivity index (χ2v) is 9.13. The first kappa shape index (κ1) is 19.5. The maximum absolute atomic E-state index is 14.9. The van der Waals surface area contributed by atoms with Crippen molar-refractivity contribution < 1.29 is 13.9 Å². The summed E-state index contributed by atoms with van der Waals surface area (Å²) in [5, 5.41) is 4.20. The van der Waals surface area contributed by atoms with Gasteiger partial charge in [0.15, 0.2) is 5.84 Å². The Morgan fingerprint density at radius 2 is 1.91 bits per heavy atom. The van der Waals surface area contributed by atoms with Crippen LogP contribution in [0.4, 0.5) is 15.8 Å². The maximum atomic E-state index is 14.9. The van der Waals surface area contributed by atoms with Gasteiger partial charge in [-0.15, -0.1) is 0 Å². The smallest absolute Gasteiger partial charge is 0.262 e. The number of carbonyl (C=O) groups excluding carboxylic acids is 1. The van der Waals surface area contributed by atoms with Gasteiger partial charge in [0, 0.05) is 42.0 Å². The predicted molar refractivity (Wildman–Crippen MR) is 122 cm³/mol. The van der Waals surface area contributed by atoms with Crippen LogP contribution in [0.15, 0.2) is 41.5 Å². The Kier molecular flexibility index (Phi) is 4.40. The van der Waals surface area contributed by atoms with E-state index >= 15 is 0 Å². The van der Waals surface area contributed by atoms with Gasteiger partial charge in [-0.05, 0) is 45.0 Å². The van der Waals surface area contributed by atoms with E-state index in [2.05, 4.69) is 33.4 Å². The van der Waals surface area contributed by atoms with Crippen molar-refractivity contribution in [1.29, 1.82) is 0 Å². The second kappa shape index (κ2) is 7.20. The van der Waals surface area contributed by atoms with Crippen molar-refractivity contribution in [3.63, 3.8) is 0 Å². The van der Waals surface area contributed by atoms with E-state index in [0.29, 0.717) is 29.2 Å². The quantitative estimate of drug-likeness (QED) is 0.786. The molecule has 2 aromatic rings. The van der Waals surface area contributed by atoms with E-state index < -0.39 is 6.04 Å². The van der Waals surface area contributed by atoms with Crippen molar-refractivity contribution >= 4 is 23.1 Å². The number of rotatable bonds is 2. The average Bonchev–Trinajstić information content (AvgIpc) is 2.81. The van der Waals surface area contributed by atoms with Gasteiger partial charge in [0.05, 0.1) is 5.69 Å². The second-order valence-electron chi connectivity index (χ2n) is 9.13. The van der Waals surface area contributed by atoms with Gasteiger partial charge in [0.25, 0.3) is 5.91 Å². The van der Waals surface area contributed by atoms with Crippen LogP contribution < -0.4 is 20.0 Å². The number of piperidine rings is 2. The highest BCUT2D eigenvalue weighted by Crippen LogP contribution is 2.46. The van der Waals surface area contributed by atoms with E-state index in [1.807, 2.05) is 30.0 Å². The summed E-state index contributed by atoms with van der Waals surface area (Å²) in [5.74, 6) is 0.914. The summed E-state index contributed by atoms with van der Waals surface area (Å²) in [7, 11) is 2.18. The van der Waals surface area contributed by atoms with Crippen molar-refractivity contribution in [2.75, 3.05) is 36.5 Å². The van der Waals surface area contributed by atoms with Crippen LogP contribution in [0.2, 0.25) is 0 Å². The Morgan fingerprint density at radius 3 is 2.66 bits per heavy atom. The summed E-state index contributed by atoms with van der Waals surface area (Å²) < 4.78 is 21.0. The zero-order valence-corrected chi connectivity index (χ0v) is 18.2. The molecule has 5 aliphatic heterocycles. The molecule has 0 saturated carbocycles. The molecular formula is C24H26FN5O2. The fraction of sp³-hybridized carbons (Fsp3) is 0.417. The molecule has 5 heterocycles. The molecule has 3 atom stereocenters. The number of hydrazone groups is 1. The third-order valence-corrected chi connectivity index (χ3v) is 7.31. The Bertz CT molecular complexity index is 1140. The minimum absolute atomic E-state index is 0.153. The molecule has 3 unspecified atom stereocenters. The van der Waals surface area contributed by atoms with Gasteiger partial charge < -0.3 is 14.5 Å². The third-order valence-electron chi connectivity index (χ3n) is 7.31. The molecule has 1 N–H and O–H groups in total. The third kappa shape index (κ3) is 2.89. The predicted octanol–water partition coefficient (Wildman–Crippen LogP) is 2.81. The minimum Gasteiger partial charge on any atom is -0.483 e. The van der Waals surface area contributed by atoms with Gasteiger partial charge in [-0.25, -0.2) is 9.82 Å². The summed E-state index contributed by atoms with van der Waals surface area (Å²) in [6.07, 6.45) is 2.30. The molecule has 0 radical (unpaired) electrons. The van der Waals surface area contributed by atoms with E-state index in [-0.39, 0.29) is 18.3 Å². The fourth-order valence-electron chi connectivity index (χ4n) is 5.53. The molecule has 32 heavy (non-hydrogen) atoms. The van der Waals surface area contributed by atoms with Crippen molar-refractivity contribution in [2.45, 2.75) is 37.9 Å². The molecule has 0 aliphatic carbocycles. The molecular weight excluding hydrogens is 409 g/mol. The fourth-order valence-corrected chi connectivity index (χ4v) is 5.53. The van der Waals surface area contributed by atoms with Crippen LogP contribution in [0.3, 0.4) is 0 Å². The minimum atomic E-state index is -0.402. The van der Waals surface area contributed by atoms with Crippen LogP contribution >= 0.6 is 0 Å². The highest BCUT2D eigenvalue weighted by atomic mass is 19.1. The number of benzene rings is 2. The van der Waals surface area contributed by atoms with Crippen LogP contribution in [0.25, 0.3) is 11.1 Å².